The average Bonchev–Trinajstić information content (AvgIpc) is 3.00. The molecule has 1 unspecified atom stereocenters. The first-order valence-corrected chi connectivity index (χ1v) is 8.70. The van der Waals surface area contributed by atoms with Gasteiger partial charge in [0.2, 0.25) is 0 Å². The van der Waals surface area contributed by atoms with E-state index in [0.29, 0.717) is 18.1 Å². The number of alkyl halides is 2. The summed E-state index contributed by atoms with van der Waals surface area (Å²) in [7, 11) is 0. The molecule has 1 N–H and O–H groups in total. The maximum atomic E-state index is 13.1. The van der Waals surface area contributed by atoms with E-state index in [9.17, 15) is 13.6 Å². The highest BCUT2D eigenvalue weighted by molar-refractivity contribution is 5.55. The second-order valence-electron chi connectivity index (χ2n) is 6.71. The van der Waals surface area contributed by atoms with E-state index in [0.717, 1.165) is 23.2 Å². The molecule has 0 aliphatic carbocycles. The van der Waals surface area contributed by atoms with Crippen LogP contribution in [-0.4, -0.2) is 32.0 Å². The summed E-state index contributed by atoms with van der Waals surface area (Å²) < 4.78 is 31.9. The smallest absolute Gasteiger partial charge is 0.387 e. The van der Waals surface area contributed by atoms with Crippen LogP contribution >= 0.6 is 0 Å². The van der Waals surface area contributed by atoms with Crippen molar-refractivity contribution < 1.29 is 13.5 Å². The summed E-state index contributed by atoms with van der Waals surface area (Å²) in [5.74, 6) is 0.0711. The van der Waals surface area contributed by atoms with Crippen LogP contribution < -0.4 is 15.6 Å². The Morgan fingerprint density at radius 3 is 2.74 bits per heavy atom. The third-order valence-corrected chi connectivity index (χ3v) is 4.87. The maximum Gasteiger partial charge on any atom is 0.387 e. The molecule has 4 rings (SSSR count). The van der Waals surface area contributed by atoms with Crippen LogP contribution in [0.15, 0.2) is 35.4 Å². The van der Waals surface area contributed by atoms with Crippen LogP contribution in [0.4, 0.5) is 8.78 Å². The zero-order valence-electron chi connectivity index (χ0n) is 14.9. The van der Waals surface area contributed by atoms with Gasteiger partial charge in [0.05, 0.1) is 11.7 Å². The number of nitrogens with zero attached hydrogens (tertiary/aromatic N) is 4. The molecule has 27 heavy (non-hydrogen) atoms. The lowest BCUT2D eigenvalue weighted by Gasteiger charge is -2.19. The van der Waals surface area contributed by atoms with E-state index in [2.05, 4.69) is 27.2 Å². The first-order chi connectivity index (χ1) is 12.9. The Morgan fingerprint density at radius 1 is 1.30 bits per heavy atom. The van der Waals surface area contributed by atoms with Crippen LogP contribution in [0.1, 0.15) is 36.7 Å². The molecule has 2 aromatic heterocycles. The van der Waals surface area contributed by atoms with Crippen molar-refractivity contribution in [1.29, 1.82) is 0 Å². The zero-order valence-corrected chi connectivity index (χ0v) is 14.9. The number of nitrogens with one attached hydrogen (secondary N) is 1. The largest absolute Gasteiger partial charge is 0.435 e. The number of ether oxygens (including phenoxy) is 1. The predicted molar refractivity (Wildman–Crippen MR) is 94.1 cm³/mol. The third kappa shape index (κ3) is 3.18. The molecular weight excluding hydrogens is 356 g/mol. The van der Waals surface area contributed by atoms with E-state index < -0.39 is 6.61 Å². The van der Waals surface area contributed by atoms with Gasteiger partial charge in [-0.3, -0.25) is 4.79 Å². The molecule has 1 aromatic carbocycles. The van der Waals surface area contributed by atoms with E-state index in [4.69, 9.17) is 0 Å². The SMILES string of the molecule is CC(c1ccc(OC(F)F)cc1)n1ncn2nc3c(c2c1=O)CN[C@H](C)C3. The summed E-state index contributed by atoms with van der Waals surface area (Å²) in [6.45, 7) is 1.63. The van der Waals surface area contributed by atoms with E-state index >= 15 is 0 Å². The van der Waals surface area contributed by atoms with Crippen molar-refractivity contribution in [2.75, 3.05) is 0 Å². The van der Waals surface area contributed by atoms with Crippen LogP contribution in [0.5, 0.6) is 5.75 Å². The van der Waals surface area contributed by atoms with E-state index in [1.54, 1.807) is 12.1 Å². The molecule has 9 heteroatoms. The van der Waals surface area contributed by atoms with Crippen molar-refractivity contribution in [3.05, 3.63) is 57.8 Å². The van der Waals surface area contributed by atoms with Crippen molar-refractivity contribution in [2.24, 2.45) is 0 Å². The lowest BCUT2D eigenvalue weighted by molar-refractivity contribution is -0.0498. The minimum absolute atomic E-state index is 0.0711. The van der Waals surface area contributed by atoms with Crippen molar-refractivity contribution in [1.82, 2.24) is 24.7 Å². The Morgan fingerprint density at radius 2 is 2.04 bits per heavy atom. The van der Waals surface area contributed by atoms with Gasteiger partial charge in [-0.1, -0.05) is 12.1 Å². The van der Waals surface area contributed by atoms with Crippen molar-refractivity contribution in [3.63, 3.8) is 0 Å². The molecule has 0 spiro atoms. The average molecular weight is 375 g/mol. The monoisotopic (exact) mass is 375 g/mol. The van der Waals surface area contributed by atoms with Gasteiger partial charge in [-0.05, 0) is 31.5 Å². The Kier molecular flexibility index (Phi) is 4.39. The Labute approximate surface area is 153 Å². The summed E-state index contributed by atoms with van der Waals surface area (Å²) in [5.41, 5.74) is 2.86. The summed E-state index contributed by atoms with van der Waals surface area (Å²) >= 11 is 0. The highest BCUT2D eigenvalue weighted by atomic mass is 19.3. The second kappa shape index (κ2) is 6.73. The summed E-state index contributed by atoms with van der Waals surface area (Å²) in [6, 6.07) is 6.14. The first kappa shape index (κ1) is 17.6. The molecule has 7 nitrogen and oxygen atoms in total. The fraction of sp³-hybridized carbons (Fsp3) is 0.389. The summed E-state index contributed by atoms with van der Waals surface area (Å²) in [4.78, 5) is 13.1. The minimum atomic E-state index is -2.87. The molecular formula is C18H19F2N5O2. The Balaban J connectivity index is 1.71. The maximum absolute atomic E-state index is 13.1. The molecule has 3 heterocycles. The van der Waals surface area contributed by atoms with Gasteiger partial charge in [0.15, 0.2) is 0 Å². The summed E-state index contributed by atoms with van der Waals surface area (Å²) in [5, 5.41) is 12.1. The fourth-order valence-electron chi connectivity index (χ4n) is 3.42. The molecule has 1 aliphatic heterocycles. The number of benzene rings is 1. The van der Waals surface area contributed by atoms with Gasteiger partial charge in [0, 0.05) is 24.6 Å². The van der Waals surface area contributed by atoms with Gasteiger partial charge in [0.25, 0.3) is 5.56 Å². The number of aromatic nitrogens is 4. The van der Waals surface area contributed by atoms with Crippen LogP contribution in [0, 0.1) is 0 Å². The fourth-order valence-corrected chi connectivity index (χ4v) is 3.42. The van der Waals surface area contributed by atoms with Gasteiger partial charge < -0.3 is 10.1 Å². The molecule has 3 aromatic rings. The number of hydrogen-bond donors (Lipinski definition) is 1. The molecule has 0 bridgehead atoms. The second-order valence-corrected chi connectivity index (χ2v) is 6.71. The van der Waals surface area contributed by atoms with Gasteiger partial charge in [-0.2, -0.15) is 19.0 Å². The standard InChI is InChI=1S/C18H19F2N5O2/c1-10-7-15-14(8-21-10)16-17(26)25(22-9-24(16)23-15)11(2)12-3-5-13(6-4-12)27-18(19)20/h3-6,9-11,18,21H,7-8H2,1-2H3/t10-,11?/m1/s1. The molecule has 1 aliphatic rings. The molecule has 0 fully saturated rings. The van der Waals surface area contributed by atoms with Crippen molar-refractivity contribution in [3.8, 4) is 5.75 Å². The quantitative estimate of drug-likeness (QED) is 0.756. The van der Waals surface area contributed by atoms with Gasteiger partial charge in [0.1, 0.15) is 17.6 Å². The lowest BCUT2D eigenvalue weighted by Crippen LogP contribution is -2.33. The summed E-state index contributed by atoms with van der Waals surface area (Å²) in [6.07, 6.45) is 2.29. The molecule has 0 amide bonds. The highest BCUT2D eigenvalue weighted by Crippen LogP contribution is 2.22. The predicted octanol–water partition coefficient (Wildman–Crippen LogP) is 2.14. The minimum Gasteiger partial charge on any atom is -0.435 e. The Hall–Kier alpha value is -2.81. The molecule has 0 saturated heterocycles. The third-order valence-electron chi connectivity index (χ3n) is 4.87. The van der Waals surface area contributed by atoms with Crippen LogP contribution in [0.2, 0.25) is 0 Å². The topological polar surface area (TPSA) is 73.5 Å². The zero-order chi connectivity index (χ0) is 19.1. The normalized spacial score (nSPS) is 17.9. The highest BCUT2D eigenvalue weighted by Gasteiger charge is 2.24. The Bertz CT molecular complexity index is 1030. The number of rotatable bonds is 4. The van der Waals surface area contributed by atoms with E-state index in [-0.39, 0.29) is 17.4 Å². The van der Waals surface area contributed by atoms with Crippen LogP contribution in [0.25, 0.3) is 5.52 Å². The van der Waals surface area contributed by atoms with E-state index in [1.165, 1.54) is 27.7 Å². The number of hydrogen-bond acceptors (Lipinski definition) is 5. The lowest BCUT2D eigenvalue weighted by atomic mass is 10.0. The van der Waals surface area contributed by atoms with Gasteiger partial charge in [-0.15, -0.1) is 0 Å². The van der Waals surface area contributed by atoms with Gasteiger partial charge in [-0.25, -0.2) is 9.20 Å². The van der Waals surface area contributed by atoms with Gasteiger partial charge >= 0.3 is 6.61 Å². The first-order valence-electron chi connectivity index (χ1n) is 8.70. The van der Waals surface area contributed by atoms with Crippen LogP contribution in [-0.2, 0) is 13.0 Å². The van der Waals surface area contributed by atoms with Crippen LogP contribution in [0.3, 0.4) is 0 Å². The molecule has 142 valence electrons. The van der Waals surface area contributed by atoms with Crippen molar-refractivity contribution >= 4 is 5.52 Å². The molecule has 0 radical (unpaired) electrons. The number of halogens is 2. The van der Waals surface area contributed by atoms with Crippen molar-refractivity contribution in [2.45, 2.75) is 45.5 Å². The molecule has 0 saturated carbocycles. The number of fused-ring (bicyclic) bond motifs is 3. The van der Waals surface area contributed by atoms with E-state index in [1.807, 2.05) is 6.92 Å². The molecule has 2 atom stereocenters.